The van der Waals surface area contributed by atoms with E-state index in [9.17, 15) is 14.0 Å². The van der Waals surface area contributed by atoms with Gasteiger partial charge in [0.25, 0.3) is 5.91 Å². The summed E-state index contributed by atoms with van der Waals surface area (Å²) in [5.41, 5.74) is 3.20. The Morgan fingerprint density at radius 3 is 2.58 bits per heavy atom. The van der Waals surface area contributed by atoms with Gasteiger partial charge >= 0.3 is 5.97 Å². The summed E-state index contributed by atoms with van der Waals surface area (Å²) in [6.07, 6.45) is 0. The molecule has 24 heavy (non-hydrogen) atoms. The molecule has 128 valence electrons. The highest BCUT2D eigenvalue weighted by Crippen LogP contribution is 2.19. The minimum atomic E-state index is -0.480. The molecule has 6 heteroatoms. The molecule has 5 nitrogen and oxygen atoms in total. The minimum absolute atomic E-state index is 0.266. The maximum Gasteiger partial charge on any atom is 0.355 e. The average Bonchev–Trinajstić information content (AvgIpc) is 2.83. The van der Waals surface area contributed by atoms with Crippen LogP contribution in [0.4, 0.5) is 4.39 Å². The van der Waals surface area contributed by atoms with E-state index in [4.69, 9.17) is 4.74 Å². The van der Waals surface area contributed by atoms with E-state index in [1.54, 1.807) is 39.8 Å². The number of aryl methyl sites for hydroxylation is 2. The molecule has 1 aromatic carbocycles. The Kier molecular flexibility index (Phi) is 5.39. The predicted molar refractivity (Wildman–Crippen MR) is 88.5 cm³/mol. The van der Waals surface area contributed by atoms with Crippen LogP contribution in [0.1, 0.15) is 50.2 Å². The van der Waals surface area contributed by atoms with E-state index in [0.29, 0.717) is 22.4 Å². The van der Waals surface area contributed by atoms with E-state index < -0.39 is 5.97 Å². The summed E-state index contributed by atoms with van der Waals surface area (Å²) in [5, 5.41) is 2.79. The molecule has 0 radical (unpaired) electrons. The number of carbonyl (C=O) groups is 2. The van der Waals surface area contributed by atoms with Crippen LogP contribution in [0.25, 0.3) is 0 Å². The number of halogens is 1. The van der Waals surface area contributed by atoms with Gasteiger partial charge in [0.2, 0.25) is 0 Å². The number of aromatic amines is 1. The second-order valence-electron chi connectivity index (χ2n) is 5.61. The second kappa shape index (κ2) is 7.29. The van der Waals surface area contributed by atoms with E-state index in [1.165, 1.54) is 6.07 Å². The van der Waals surface area contributed by atoms with Crippen LogP contribution in [0.3, 0.4) is 0 Å². The third kappa shape index (κ3) is 3.64. The summed E-state index contributed by atoms with van der Waals surface area (Å²) >= 11 is 0. The number of H-pyrrole nitrogens is 1. The maximum atomic E-state index is 13.3. The quantitative estimate of drug-likeness (QED) is 0.826. The molecule has 0 aliphatic carbocycles. The molecule has 2 N–H and O–H groups in total. The van der Waals surface area contributed by atoms with Crippen LogP contribution in [0.15, 0.2) is 18.2 Å². The second-order valence-corrected chi connectivity index (χ2v) is 5.61. The number of nitrogens with one attached hydrogen (secondary N) is 2. The van der Waals surface area contributed by atoms with Gasteiger partial charge in [0, 0.05) is 12.2 Å². The zero-order valence-corrected chi connectivity index (χ0v) is 14.2. The Morgan fingerprint density at radius 1 is 1.25 bits per heavy atom. The van der Waals surface area contributed by atoms with Crippen molar-refractivity contribution in [1.29, 1.82) is 0 Å². The number of hydrogen-bond donors (Lipinski definition) is 2. The fourth-order valence-corrected chi connectivity index (χ4v) is 2.59. The molecule has 1 heterocycles. The largest absolute Gasteiger partial charge is 0.461 e. The third-order valence-electron chi connectivity index (χ3n) is 3.82. The monoisotopic (exact) mass is 332 g/mol. The van der Waals surface area contributed by atoms with Crippen molar-refractivity contribution < 1.29 is 18.7 Å². The highest BCUT2D eigenvalue weighted by Gasteiger charge is 2.22. The molecule has 0 unspecified atom stereocenters. The maximum absolute atomic E-state index is 13.3. The number of hydrogen-bond acceptors (Lipinski definition) is 3. The lowest BCUT2D eigenvalue weighted by Gasteiger charge is -2.07. The Labute approximate surface area is 140 Å². The molecule has 0 bridgehead atoms. The van der Waals surface area contributed by atoms with Crippen LogP contribution in [0.2, 0.25) is 0 Å². The van der Waals surface area contributed by atoms with Crippen LogP contribution in [-0.2, 0) is 11.3 Å². The smallest absolute Gasteiger partial charge is 0.355 e. The van der Waals surface area contributed by atoms with Crippen molar-refractivity contribution >= 4 is 11.9 Å². The number of rotatable bonds is 5. The van der Waals surface area contributed by atoms with Crippen LogP contribution in [-0.4, -0.2) is 23.5 Å². The summed E-state index contributed by atoms with van der Waals surface area (Å²) in [5.74, 6) is -1.05. The summed E-state index contributed by atoms with van der Waals surface area (Å²) in [7, 11) is 0. The van der Waals surface area contributed by atoms with Crippen LogP contribution in [0.5, 0.6) is 0 Å². The van der Waals surface area contributed by atoms with Crippen molar-refractivity contribution in [3.8, 4) is 0 Å². The Hall–Kier alpha value is -2.63. The first-order valence-electron chi connectivity index (χ1n) is 7.74. The fraction of sp³-hybridized carbons (Fsp3) is 0.333. The molecular formula is C18H21FN2O3. The zero-order valence-electron chi connectivity index (χ0n) is 14.2. The summed E-state index contributed by atoms with van der Waals surface area (Å²) in [6.45, 7) is 7.37. The molecule has 2 aromatic rings. The van der Waals surface area contributed by atoms with Crippen molar-refractivity contribution in [2.24, 2.45) is 0 Å². The van der Waals surface area contributed by atoms with Gasteiger partial charge in [-0.3, -0.25) is 4.79 Å². The van der Waals surface area contributed by atoms with Gasteiger partial charge < -0.3 is 15.0 Å². The Bertz CT molecular complexity index is 781. The third-order valence-corrected chi connectivity index (χ3v) is 3.82. The molecule has 0 aliphatic heterocycles. The van der Waals surface area contributed by atoms with Gasteiger partial charge in [-0.25, -0.2) is 9.18 Å². The highest BCUT2D eigenvalue weighted by atomic mass is 19.1. The van der Waals surface area contributed by atoms with E-state index in [2.05, 4.69) is 10.3 Å². The van der Waals surface area contributed by atoms with E-state index in [-0.39, 0.29) is 30.6 Å². The molecule has 0 saturated carbocycles. The number of aromatic nitrogens is 1. The first kappa shape index (κ1) is 17.7. The summed E-state index contributed by atoms with van der Waals surface area (Å²) in [6, 6.07) is 4.70. The number of esters is 1. The molecule has 0 fully saturated rings. The Morgan fingerprint density at radius 2 is 1.96 bits per heavy atom. The number of benzene rings is 1. The number of amides is 1. The van der Waals surface area contributed by atoms with Crippen LogP contribution < -0.4 is 5.32 Å². The normalized spacial score (nSPS) is 10.5. The van der Waals surface area contributed by atoms with Gasteiger partial charge in [0.15, 0.2) is 0 Å². The van der Waals surface area contributed by atoms with Crippen molar-refractivity contribution in [2.45, 2.75) is 34.2 Å². The van der Waals surface area contributed by atoms with Gasteiger partial charge in [-0.05, 0) is 50.5 Å². The van der Waals surface area contributed by atoms with Crippen molar-refractivity contribution in [2.75, 3.05) is 6.61 Å². The van der Waals surface area contributed by atoms with Crippen molar-refractivity contribution in [3.05, 3.63) is 57.7 Å². The standard InChI is InChI=1S/C18H21FN2O3/c1-5-24-18(23)16-11(3)15(12(4)21-16)17(22)20-9-13-6-7-14(19)10(2)8-13/h6-8,21H,5,9H2,1-4H3,(H,20,22). The van der Waals surface area contributed by atoms with E-state index >= 15 is 0 Å². The predicted octanol–water partition coefficient (Wildman–Crippen LogP) is 3.19. The molecule has 0 aliphatic rings. The molecule has 1 amide bonds. The van der Waals surface area contributed by atoms with Crippen molar-refractivity contribution in [3.63, 3.8) is 0 Å². The minimum Gasteiger partial charge on any atom is -0.461 e. The number of ether oxygens (including phenoxy) is 1. The van der Waals surface area contributed by atoms with Crippen LogP contribution in [0, 0.1) is 26.6 Å². The lowest BCUT2D eigenvalue weighted by molar-refractivity contribution is 0.0519. The first-order valence-corrected chi connectivity index (χ1v) is 7.74. The number of carbonyl (C=O) groups excluding carboxylic acids is 2. The van der Waals surface area contributed by atoms with E-state index in [0.717, 1.165) is 5.56 Å². The molecule has 0 saturated heterocycles. The molecule has 1 aromatic heterocycles. The van der Waals surface area contributed by atoms with Gasteiger partial charge in [-0.1, -0.05) is 12.1 Å². The summed E-state index contributed by atoms with van der Waals surface area (Å²) in [4.78, 5) is 27.2. The topological polar surface area (TPSA) is 71.2 Å². The SMILES string of the molecule is CCOC(=O)c1[nH]c(C)c(C(=O)NCc2ccc(F)c(C)c2)c1C. The average molecular weight is 332 g/mol. The van der Waals surface area contributed by atoms with Crippen LogP contribution >= 0.6 is 0 Å². The molecule has 0 atom stereocenters. The lowest BCUT2D eigenvalue weighted by Crippen LogP contribution is -2.24. The van der Waals surface area contributed by atoms with Gasteiger partial charge in [-0.15, -0.1) is 0 Å². The molecule has 0 spiro atoms. The molecule has 2 rings (SSSR count). The fourth-order valence-electron chi connectivity index (χ4n) is 2.59. The molecular weight excluding hydrogens is 311 g/mol. The Balaban J connectivity index is 2.15. The highest BCUT2D eigenvalue weighted by molar-refractivity contribution is 6.01. The summed E-state index contributed by atoms with van der Waals surface area (Å²) < 4.78 is 18.2. The van der Waals surface area contributed by atoms with E-state index in [1.807, 2.05) is 0 Å². The lowest BCUT2D eigenvalue weighted by atomic mass is 10.1. The van der Waals surface area contributed by atoms with Gasteiger partial charge in [-0.2, -0.15) is 0 Å². The van der Waals surface area contributed by atoms with Gasteiger partial charge in [0.1, 0.15) is 11.5 Å². The van der Waals surface area contributed by atoms with Gasteiger partial charge in [0.05, 0.1) is 12.2 Å². The van der Waals surface area contributed by atoms with Crippen molar-refractivity contribution in [1.82, 2.24) is 10.3 Å². The zero-order chi connectivity index (χ0) is 17.9. The first-order chi connectivity index (χ1) is 11.3.